The SMILES string of the molecule is CCc1ccc(CC(CO)(CO)c2ccccc2C)s1. The van der Waals surface area contributed by atoms with Crippen molar-refractivity contribution in [2.24, 2.45) is 0 Å². The van der Waals surface area contributed by atoms with Crippen LogP contribution in [0.1, 0.15) is 27.8 Å². The summed E-state index contributed by atoms with van der Waals surface area (Å²) in [6, 6.07) is 12.2. The molecule has 2 nitrogen and oxygen atoms in total. The van der Waals surface area contributed by atoms with Gasteiger partial charge in [0.2, 0.25) is 0 Å². The van der Waals surface area contributed by atoms with Crippen LogP contribution in [0.4, 0.5) is 0 Å². The van der Waals surface area contributed by atoms with Crippen LogP contribution in [0.15, 0.2) is 36.4 Å². The topological polar surface area (TPSA) is 40.5 Å². The van der Waals surface area contributed by atoms with E-state index in [1.54, 1.807) is 11.3 Å². The van der Waals surface area contributed by atoms with Crippen molar-refractivity contribution in [3.63, 3.8) is 0 Å². The van der Waals surface area contributed by atoms with Gasteiger partial charge in [0, 0.05) is 15.2 Å². The molecule has 3 heteroatoms. The zero-order chi connectivity index (χ0) is 14.6. The van der Waals surface area contributed by atoms with Crippen molar-refractivity contribution < 1.29 is 10.2 Å². The summed E-state index contributed by atoms with van der Waals surface area (Å²) < 4.78 is 0. The molecule has 108 valence electrons. The summed E-state index contributed by atoms with van der Waals surface area (Å²) in [5, 5.41) is 19.8. The van der Waals surface area contributed by atoms with Crippen molar-refractivity contribution in [2.45, 2.75) is 32.1 Å². The van der Waals surface area contributed by atoms with E-state index in [0.717, 1.165) is 17.5 Å². The predicted octanol–water partition coefficient (Wildman–Crippen LogP) is 3.08. The van der Waals surface area contributed by atoms with E-state index in [0.29, 0.717) is 6.42 Å². The Hall–Kier alpha value is -1.16. The fourth-order valence-electron chi connectivity index (χ4n) is 2.64. The molecule has 0 aliphatic heterocycles. The van der Waals surface area contributed by atoms with Gasteiger partial charge in [-0.15, -0.1) is 11.3 Å². The highest BCUT2D eigenvalue weighted by molar-refractivity contribution is 7.12. The molecule has 0 saturated carbocycles. The molecule has 0 aliphatic rings. The third-order valence-corrected chi connectivity index (χ3v) is 5.13. The number of benzene rings is 1. The summed E-state index contributed by atoms with van der Waals surface area (Å²) in [4.78, 5) is 2.56. The van der Waals surface area contributed by atoms with Gasteiger partial charge in [-0.25, -0.2) is 0 Å². The lowest BCUT2D eigenvalue weighted by Gasteiger charge is -2.31. The highest BCUT2D eigenvalue weighted by Crippen LogP contribution is 2.32. The molecule has 1 heterocycles. The minimum Gasteiger partial charge on any atom is -0.395 e. The first-order valence-corrected chi connectivity index (χ1v) is 7.82. The maximum absolute atomic E-state index is 9.92. The predicted molar refractivity (Wildman–Crippen MR) is 84.4 cm³/mol. The van der Waals surface area contributed by atoms with Gasteiger partial charge in [0.15, 0.2) is 0 Å². The highest BCUT2D eigenvalue weighted by Gasteiger charge is 2.33. The molecule has 0 spiro atoms. The van der Waals surface area contributed by atoms with Crippen molar-refractivity contribution in [1.29, 1.82) is 0 Å². The molecule has 0 radical (unpaired) electrons. The first kappa shape index (κ1) is 15.2. The normalized spacial score (nSPS) is 11.8. The summed E-state index contributed by atoms with van der Waals surface area (Å²) in [7, 11) is 0. The minimum atomic E-state index is -0.596. The third kappa shape index (κ3) is 2.95. The van der Waals surface area contributed by atoms with E-state index in [1.807, 2.05) is 31.2 Å². The molecule has 2 rings (SSSR count). The smallest absolute Gasteiger partial charge is 0.0553 e. The van der Waals surface area contributed by atoms with Crippen molar-refractivity contribution >= 4 is 11.3 Å². The van der Waals surface area contributed by atoms with E-state index < -0.39 is 5.41 Å². The Kier molecular flexibility index (Phi) is 4.97. The Balaban J connectivity index is 2.37. The molecule has 0 atom stereocenters. The second-order valence-electron chi connectivity index (χ2n) is 5.31. The van der Waals surface area contributed by atoms with Gasteiger partial charge in [-0.2, -0.15) is 0 Å². The van der Waals surface area contributed by atoms with Crippen LogP contribution in [-0.2, 0) is 18.3 Å². The van der Waals surface area contributed by atoms with Crippen LogP contribution in [0.2, 0.25) is 0 Å². The van der Waals surface area contributed by atoms with Gasteiger partial charge < -0.3 is 10.2 Å². The number of aliphatic hydroxyl groups is 2. The molecule has 2 aromatic rings. The van der Waals surface area contributed by atoms with Crippen molar-refractivity contribution in [3.05, 3.63) is 57.3 Å². The lowest BCUT2D eigenvalue weighted by Crippen LogP contribution is -2.37. The maximum Gasteiger partial charge on any atom is 0.0553 e. The molecule has 0 amide bonds. The summed E-state index contributed by atoms with van der Waals surface area (Å²) >= 11 is 1.77. The number of aryl methyl sites for hydroxylation is 2. The number of aliphatic hydroxyl groups excluding tert-OH is 2. The van der Waals surface area contributed by atoms with Gasteiger partial charge in [-0.1, -0.05) is 31.2 Å². The molecule has 1 aromatic carbocycles. The minimum absolute atomic E-state index is 0.0479. The van der Waals surface area contributed by atoms with E-state index in [4.69, 9.17) is 0 Å². The third-order valence-electron chi connectivity index (χ3n) is 3.90. The Bertz CT molecular complexity index is 556. The monoisotopic (exact) mass is 290 g/mol. The molecule has 0 unspecified atom stereocenters. The van der Waals surface area contributed by atoms with E-state index in [2.05, 4.69) is 19.1 Å². The first-order chi connectivity index (χ1) is 9.65. The number of hydrogen-bond acceptors (Lipinski definition) is 3. The summed E-state index contributed by atoms with van der Waals surface area (Å²) in [6.45, 7) is 4.07. The molecule has 2 N–H and O–H groups in total. The average Bonchev–Trinajstić information content (AvgIpc) is 2.93. The van der Waals surface area contributed by atoms with Gasteiger partial charge in [0.05, 0.1) is 13.2 Å². The van der Waals surface area contributed by atoms with Crippen LogP contribution < -0.4 is 0 Å². The van der Waals surface area contributed by atoms with E-state index >= 15 is 0 Å². The molecule has 0 bridgehead atoms. The van der Waals surface area contributed by atoms with E-state index in [1.165, 1.54) is 9.75 Å². The van der Waals surface area contributed by atoms with Crippen LogP contribution in [0.5, 0.6) is 0 Å². The molecular formula is C17H22O2S. The van der Waals surface area contributed by atoms with E-state index in [9.17, 15) is 10.2 Å². The second-order valence-corrected chi connectivity index (χ2v) is 6.56. The van der Waals surface area contributed by atoms with Crippen molar-refractivity contribution in [1.82, 2.24) is 0 Å². The summed E-state index contributed by atoms with van der Waals surface area (Å²) in [5.41, 5.74) is 1.56. The van der Waals surface area contributed by atoms with Gasteiger partial charge in [0.25, 0.3) is 0 Å². The van der Waals surface area contributed by atoms with Gasteiger partial charge >= 0.3 is 0 Å². The Morgan fingerprint density at radius 3 is 2.20 bits per heavy atom. The number of hydrogen-bond donors (Lipinski definition) is 2. The lowest BCUT2D eigenvalue weighted by molar-refractivity contribution is 0.116. The van der Waals surface area contributed by atoms with Gasteiger partial charge in [-0.3, -0.25) is 0 Å². The lowest BCUT2D eigenvalue weighted by atomic mass is 9.76. The standard InChI is InChI=1S/C17H22O2S/c1-3-14-8-9-15(20-14)10-17(11-18,12-19)16-7-5-4-6-13(16)2/h4-9,18-19H,3,10-12H2,1-2H3. The van der Waals surface area contributed by atoms with E-state index in [-0.39, 0.29) is 13.2 Å². The number of rotatable bonds is 6. The van der Waals surface area contributed by atoms with Crippen molar-refractivity contribution in [3.8, 4) is 0 Å². The Morgan fingerprint density at radius 2 is 1.65 bits per heavy atom. The van der Waals surface area contributed by atoms with Crippen LogP contribution in [0.25, 0.3) is 0 Å². The fraction of sp³-hybridized carbons (Fsp3) is 0.412. The Labute approximate surface area is 124 Å². The maximum atomic E-state index is 9.92. The number of thiophene rings is 1. The van der Waals surface area contributed by atoms with Gasteiger partial charge in [-0.05, 0) is 43.0 Å². The summed E-state index contributed by atoms with van der Waals surface area (Å²) in [5.74, 6) is 0. The van der Waals surface area contributed by atoms with Crippen LogP contribution in [-0.4, -0.2) is 23.4 Å². The first-order valence-electron chi connectivity index (χ1n) is 7.00. The zero-order valence-electron chi connectivity index (χ0n) is 12.1. The second kappa shape index (κ2) is 6.53. The largest absolute Gasteiger partial charge is 0.395 e. The zero-order valence-corrected chi connectivity index (χ0v) is 12.9. The average molecular weight is 290 g/mol. The quantitative estimate of drug-likeness (QED) is 0.858. The molecule has 0 fully saturated rings. The molecule has 1 aromatic heterocycles. The highest BCUT2D eigenvalue weighted by atomic mass is 32.1. The van der Waals surface area contributed by atoms with Crippen LogP contribution in [0, 0.1) is 6.92 Å². The van der Waals surface area contributed by atoms with Crippen molar-refractivity contribution in [2.75, 3.05) is 13.2 Å². The molecule has 20 heavy (non-hydrogen) atoms. The van der Waals surface area contributed by atoms with Crippen LogP contribution in [0.3, 0.4) is 0 Å². The summed E-state index contributed by atoms with van der Waals surface area (Å²) in [6.07, 6.45) is 1.70. The van der Waals surface area contributed by atoms with Crippen LogP contribution >= 0.6 is 11.3 Å². The molecule has 0 saturated heterocycles. The Morgan fingerprint density at radius 1 is 1.00 bits per heavy atom. The van der Waals surface area contributed by atoms with Gasteiger partial charge in [0.1, 0.15) is 0 Å². The molecule has 0 aliphatic carbocycles. The fourth-order valence-corrected chi connectivity index (χ4v) is 3.74. The molecular weight excluding hydrogens is 268 g/mol.